The summed E-state index contributed by atoms with van der Waals surface area (Å²) in [5.41, 5.74) is -0.453. The number of carbonyl (C=O) groups excluding carboxylic acids is 3. The van der Waals surface area contributed by atoms with Gasteiger partial charge in [0.15, 0.2) is 0 Å². The lowest BCUT2D eigenvalue weighted by Crippen LogP contribution is -2.46. The first-order valence-corrected chi connectivity index (χ1v) is 12.7. The van der Waals surface area contributed by atoms with Gasteiger partial charge in [-0.1, -0.05) is 36.4 Å². The topological polar surface area (TPSA) is 79.8 Å². The zero-order chi connectivity index (χ0) is 24.3. The Labute approximate surface area is 208 Å². The number of amides is 3. The molecule has 0 unspecified atom stereocenters. The van der Waals surface area contributed by atoms with Crippen LogP contribution in [0.3, 0.4) is 0 Å². The van der Waals surface area contributed by atoms with Crippen molar-refractivity contribution in [3.8, 4) is 5.75 Å². The molecule has 0 saturated carbocycles. The molecule has 0 spiro atoms. The van der Waals surface area contributed by atoms with Crippen LogP contribution in [0.4, 0.5) is 0 Å². The van der Waals surface area contributed by atoms with Crippen LogP contribution in [-0.2, 0) is 26.3 Å². The Morgan fingerprint density at radius 1 is 1.06 bits per heavy atom. The second-order valence-corrected chi connectivity index (χ2v) is 10.1. The molecule has 4 heterocycles. The van der Waals surface area contributed by atoms with Crippen molar-refractivity contribution in [3.05, 3.63) is 82.8 Å². The van der Waals surface area contributed by atoms with Gasteiger partial charge in [-0.15, -0.1) is 11.3 Å². The molecule has 2 saturated heterocycles. The number of thiophene rings is 1. The number of pyridine rings is 1. The number of benzene rings is 1. The van der Waals surface area contributed by atoms with Crippen molar-refractivity contribution < 1.29 is 19.1 Å². The Bertz CT molecular complexity index is 1180. The van der Waals surface area contributed by atoms with Gasteiger partial charge < -0.3 is 9.64 Å². The monoisotopic (exact) mass is 489 g/mol. The Hall–Kier alpha value is -3.52. The van der Waals surface area contributed by atoms with Crippen LogP contribution in [0.15, 0.2) is 72.4 Å². The lowest BCUT2D eigenvalue weighted by Gasteiger charge is -2.35. The molecule has 0 radical (unpaired) electrons. The number of piperidine rings is 1. The third kappa shape index (κ3) is 4.84. The fourth-order valence-corrected chi connectivity index (χ4v) is 5.64. The quantitative estimate of drug-likeness (QED) is 0.472. The molecule has 2 fully saturated rings. The van der Waals surface area contributed by atoms with Crippen LogP contribution in [0.1, 0.15) is 36.1 Å². The van der Waals surface area contributed by atoms with Crippen molar-refractivity contribution >= 4 is 29.1 Å². The fourth-order valence-electron chi connectivity index (χ4n) is 4.94. The molecule has 5 rings (SSSR count). The van der Waals surface area contributed by atoms with Gasteiger partial charge in [0.25, 0.3) is 0 Å². The SMILES string of the molecule is O=C(C[C@]1(c2ccccc2)CC(=O)N(Cc2cccs2)C1=O)N1CCC(Oc2cccnc2)CC1. The summed E-state index contributed by atoms with van der Waals surface area (Å²) in [6.45, 7) is 1.35. The maximum Gasteiger partial charge on any atom is 0.241 e. The molecular formula is C27H27N3O4S. The molecule has 3 amide bonds. The minimum Gasteiger partial charge on any atom is -0.489 e. The molecule has 35 heavy (non-hydrogen) atoms. The molecule has 2 aliphatic heterocycles. The number of likely N-dealkylation sites (tertiary alicyclic amines) is 2. The molecule has 7 nitrogen and oxygen atoms in total. The summed E-state index contributed by atoms with van der Waals surface area (Å²) >= 11 is 1.51. The van der Waals surface area contributed by atoms with Crippen LogP contribution >= 0.6 is 11.3 Å². The maximum atomic E-state index is 13.8. The van der Waals surface area contributed by atoms with E-state index in [2.05, 4.69) is 4.98 Å². The molecule has 0 N–H and O–H groups in total. The summed E-state index contributed by atoms with van der Waals surface area (Å²) < 4.78 is 6.00. The minimum absolute atomic E-state index is 0.00749. The number of hydrogen-bond donors (Lipinski definition) is 0. The van der Waals surface area contributed by atoms with Gasteiger partial charge in [-0.3, -0.25) is 24.3 Å². The molecule has 180 valence electrons. The van der Waals surface area contributed by atoms with Gasteiger partial charge in [0.2, 0.25) is 17.7 Å². The Morgan fingerprint density at radius 3 is 2.54 bits per heavy atom. The van der Waals surface area contributed by atoms with E-state index in [4.69, 9.17) is 4.74 Å². The smallest absolute Gasteiger partial charge is 0.241 e. The number of imide groups is 1. The summed E-state index contributed by atoms with van der Waals surface area (Å²) in [5, 5.41) is 1.93. The van der Waals surface area contributed by atoms with Gasteiger partial charge in [0.1, 0.15) is 11.9 Å². The molecule has 2 aliphatic rings. The van der Waals surface area contributed by atoms with E-state index in [0.717, 1.165) is 16.2 Å². The first-order chi connectivity index (χ1) is 17.0. The lowest BCUT2D eigenvalue weighted by molar-refractivity contribution is -0.143. The molecule has 1 atom stereocenters. The van der Waals surface area contributed by atoms with Gasteiger partial charge in [-0.05, 0) is 29.1 Å². The number of carbonyl (C=O) groups is 3. The van der Waals surface area contributed by atoms with Crippen molar-refractivity contribution in [2.75, 3.05) is 13.1 Å². The third-order valence-corrected chi connectivity index (χ3v) is 7.68. The lowest BCUT2D eigenvalue weighted by atomic mass is 9.75. The maximum absolute atomic E-state index is 13.8. The largest absolute Gasteiger partial charge is 0.489 e. The Balaban J connectivity index is 1.30. The third-order valence-electron chi connectivity index (χ3n) is 6.81. The number of ether oxygens (including phenoxy) is 1. The van der Waals surface area contributed by atoms with Crippen LogP contribution in [0.25, 0.3) is 0 Å². The minimum atomic E-state index is -1.17. The first kappa shape index (κ1) is 23.2. The molecule has 8 heteroatoms. The predicted molar refractivity (Wildman–Crippen MR) is 132 cm³/mol. The van der Waals surface area contributed by atoms with E-state index < -0.39 is 5.41 Å². The second-order valence-electron chi connectivity index (χ2n) is 9.05. The molecule has 2 aromatic heterocycles. The molecule has 0 bridgehead atoms. The molecule has 0 aliphatic carbocycles. The molecule has 1 aromatic carbocycles. The van der Waals surface area contributed by atoms with E-state index in [-0.39, 0.29) is 43.2 Å². The summed E-state index contributed by atoms with van der Waals surface area (Å²) in [5.74, 6) is 0.0999. The average molecular weight is 490 g/mol. The van der Waals surface area contributed by atoms with Gasteiger partial charge in [0.05, 0.1) is 18.2 Å². The van der Waals surface area contributed by atoms with Crippen LogP contribution in [0, 0.1) is 0 Å². The highest BCUT2D eigenvalue weighted by atomic mass is 32.1. The molecular weight excluding hydrogens is 462 g/mol. The fraction of sp³-hybridized carbons (Fsp3) is 0.333. The van der Waals surface area contributed by atoms with E-state index in [1.807, 2.05) is 60.0 Å². The van der Waals surface area contributed by atoms with Crippen molar-refractivity contribution in [1.82, 2.24) is 14.8 Å². The normalized spacial score (nSPS) is 20.9. The first-order valence-electron chi connectivity index (χ1n) is 11.8. The standard InChI is InChI=1S/C27H27N3O4S/c31-24(29-13-10-21(11-14-29)34-22-8-4-12-28-18-22)16-27(20-6-2-1-3-7-20)17-25(32)30(26(27)33)19-23-9-5-15-35-23/h1-9,12,15,18,21H,10-11,13-14,16-17,19H2/t27-/m1/s1. The number of hydrogen-bond acceptors (Lipinski definition) is 6. The summed E-state index contributed by atoms with van der Waals surface area (Å²) in [7, 11) is 0. The number of rotatable bonds is 7. The Morgan fingerprint density at radius 2 is 1.86 bits per heavy atom. The highest BCUT2D eigenvalue weighted by Crippen LogP contribution is 2.41. The van der Waals surface area contributed by atoms with Gasteiger partial charge in [0, 0.05) is 49.8 Å². The summed E-state index contributed by atoms with van der Waals surface area (Å²) in [4.78, 5) is 48.4. The van der Waals surface area contributed by atoms with Crippen LogP contribution in [0.5, 0.6) is 5.75 Å². The van der Waals surface area contributed by atoms with Crippen LogP contribution < -0.4 is 4.74 Å². The van der Waals surface area contributed by atoms with Gasteiger partial charge >= 0.3 is 0 Å². The van der Waals surface area contributed by atoms with E-state index in [9.17, 15) is 14.4 Å². The van der Waals surface area contributed by atoms with E-state index in [1.54, 1.807) is 17.3 Å². The summed E-state index contributed by atoms with van der Waals surface area (Å²) in [6.07, 6.45) is 4.80. The van der Waals surface area contributed by atoms with Crippen molar-refractivity contribution in [1.29, 1.82) is 0 Å². The van der Waals surface area contributed by atoms with E-state index >= 15 is 0 Å². The predicted octanol–water partition coefficient (Wildman–Crippen LogP) is 3.80. The van der Waals surface area contributed by atoms with Crippen LogP contribution in [-0.4, -0.2) is 51.7 Å². The van der Waals surface area contributed by atoms with Crippen LogP contribution in [0.2, 0.25) is 0 Å². The highest BCUT2D eigenvalue weighted by molar-refractivity contribution is 7.09. The van der Waals surface area contributed by atoms with Crippen molar-refractivity contribution in [2.45, 2.75) is 43.7 Å². The van der Waals surface area contributed by atoms with Crippen molar-refractivity contribution in [3.63, 3.8) is 0 Å². The highest BCUT2D eigenvalue weighted by Gasteiger charge is 2.54. The zero-order valence-corrected chi connectivity index (χ0v) is 20.2. The van der Waals surface area contributed by atoms with E-state index in [0.29, 0.717) is 25.9 Å². The summed E-state index contributed by atoms with van der Waals surface area (Å²) in [6, 6.07) is 16.8. The van der Waals surface area contributed by atoms with Crippen molar-refractivity contribution in [2.24, 2.45) is 0 Å². The second kappa shape index (κ2) is 10.00. The Kier molecular flexibility index (Phi) is 6.63. The number of aromatic nitrogens is 1. The van der Waals surface area contributed by atoms with E-state index in [1.165, 1.54) is 16.2 Å². The van der Waals surface area contributed by atoms with Gasteiger partial charge in [-0.2, -0.15) is 0 Å². The van der Waals surface area contributed by atoms with Gasteiger partial charge in [-0.25, -0.2) is 0 Å². The average Bonchev–Trinajstić information content (AvgIpc) is 3.49. The zero-order valence-electron chi connectivity index (χ0n) is 19.3. The molecule has 3 aromatic rings. The number of nitrogens with zero attached hydrogens (tertiary/aromatic N) is 3.